The van der Waals surface area contributed by atoms with Gasteiger partial charge in [-0.3, -0.25) is 4.79 Å². The first-order chi connectivity index (χ1) is 10.7. The first kappa shape index (κ1) is 17.9. The number of carbonyl (C=O) groups is 1. The van der Waals surface area contributed by atoms with E-state index in [0.29, 0.717) is 5.56 Å². The molecule has 1 aromatic rings. The first-order valence-electron chi connectivity index (χ1n) is 8.03. The molecule has 0 unspecified atom stereocenters. The summed E-state index contributed by atoms with van der Waals surface area (Å²) in [6.07, 6.45) is 4.39. The summed E-state index contributed by atoms with van der Waals surface area (Å²) in [4.78, 5) is 14.6. The zero-order valence-corrected chi connectivity index (χ0v) is 15.1. The number of sulfonamides is 1. The molecule has 0 atom stereocenters. The third-order valence-electron chi connectivity index (χ3n) is 4.73. The predicted octanol–water partition coefficient (Wildman–Crippen LogP) is 2.59. The van der Waals surface area contributed by atoms with Gasteiger partial charge in [0.25, 0.3) is 5.91 Å². The van der Waals surface area contributed by atoms with E-state index in [2.05, 4.69) is 6.92 Å². The second-order valence-electron chi connectivity index (χ2n) is 6.64. The van der Waals surface area contributed by atoms with Crippen LogP contribution in [-0.2, 0) is 10.0 Å². The van der Waals surface area contributed by atoms with Gasteiger partial charge >= 0.3 is 0 Å². The SMILES string of the molecule is CC1CCC(N(C)C(=O)c2ccc(S(=O)(=O)N(C)C)cc2)CC1. The van der Waals surface area contributed by atoms with Crippen LogP contribution < -0.4 is 0 Å². The second-order valence-corrected chi connectivity index (χ2v) is 8.79. The third kappa shape index (κ3) is 3.93. The highest BCUT2D eigenvalue weighted by atomic mass is 32.2. The summed E-state index contributed by atoms with van der Waals surface area (Å²) in [7, 11) is 1.37. The number of amides is 1. The molecule has 0 bridgehead atoms. The van der Waals surface area contributed by atoms with Gasteiger partial charge in [0.15, 0.2) is 0 Å². The van der Waals surface area contributed by atoms with Crippen LogP contribution in [0.25, 0.3) is 0 Å². The normalized spacial score (nSPS) is 22.1. The molecule has 0 radical (unpaired) electrons. The van der Waals surface area contributed by atoms with Crippen LogP contribution in [0.4, 0.5) is 0 Å². The summed E-state index contributed by atoms with van der Waals surface area (Å²) in [5.74, 6) is 0.698. The maximum Gasteiger partial charge on any atom is 0.253 e. The minimum atomic E-state index is -3.46. The molecule has 0 spiro atoms. The van der Waals surface area contributed by atoms with E-state index in [0.717, 1.165) is 31.6 Å². The molecule has 0 aromatic heterocycles. The Hall–Kier alpha value is -1.40. The van der Waals surface area contributed by atoms with E-state index < -0.39 is 10.0 Å². The van der Waals surface area contributed by atoms with Crippen molar-refractivity contribution in [1.82, 2.24) is 9.21 Å². The van der Waals surface area contributed by atoms with Gasteiger partial charge in [0.05, 0.1) is 4.90 Å². The number of carbonyl (C=O) groups excluding carboxylic acids is 1. The molecule has 0 saturated heterocycles. The van der Waals surface area contributed by atoms with E-state index in [4.69, 9.17) is 0 Å². The van der Waals surface area contributed by atoms with Crippen LogP contribution in [0.1, 0.15) is 43.0 Å². The van der Waals surface area contributed by atoms with Crippen LogP contribution in [0.5, 0.6) is 0 Å². The Kier molecular flexibility index (Phi) is 5.47. The van der Waals surface area contributed by atoms with E-state index in [1.165, 1.54) is 30.5 Å². The van der Waals surface area contributed by atoms with Crippen LogP contribution in [-0.4, -0.2) is 50.7 Å². The Balaban J connectivity index is 2.11. The maximum atomic E-state index is 12.6. The van der Waals surface area contributed by atoms with Crippen LogP contribution >= 0.6 is 0 Å². The lowest BCUT2D eigenvalue weighted by atomic mass is 9.86. The van der Waals surface area contributed by atoms with Gasteiger partial charge in [-0.05, 0) is 55.9 Å². The van der Waals surface area contributed by atoms with E-state index in [1.807, 2.05) is 7.05 Å². The second kappa shape index (κ2) is 7.01. The summed E-state index contributed by atoms with van der Waals surface area (Å²) in [6.45, 7) is 2.25. The molecule has 0 N–H and O–H groups in total. The Morgan fingerprint density at radius 3 is 2.00 bits per heavy atom. The highest BCUT2D eigenvalue weighted by Gasteiger charge is 2.26. The van der Waals surface area contributed by atoms with E-state index in [-0.39, 0.29) is 16.8 Å². The van der Waals surface area contributed by atoms with Gasteiger partial charge in [-0.1, -0.05) is 6.92 Å². The predicted molar refractivity (Wildman–Crippen MR) is 90.8 cm³/mol. The molecule has 1 amide bonds. The van der Waals surface area contributed by atoms with Crippen LogP contribution in [0.15, 0.2) is 29.2 Å². The summed E-state index contributed by atoms with van der Waals surface area (Å²) >= 11 is 0. The molecule has 1 aliphatic carbocycles. The van der Waals surface area contributed by atoms with Gasteiger partial charge < -0.3 is 4.90 Å². The average molecular weight is 338 g/mol. The smallest absolute Gasteiger partial charge is 0.253 e. The Labute approximate surface area is 139 Å². The summed E-state index contributed by atoms with van der Waals surface area (Å²) in [5, 5.41) is 0. The van der Waals surface area contributed by atoms with E-state index in [9.17, 15) is 13.2 Å². The molecule has 1 aromatic carbocycles. The maximum absolute atomic E-state index is 12.6. The molecule has 0 aliphatic heterocycles. The number of rotatable bonds is 4. The largest absolute Gasteiger partial charge is 0.339 e. The van der Waals surface area contributed by atoms with Gasteiger partial charge in [0, 0.05) is 32.7 Å². The average Bonchev–Trinajstić information content (AvgIpc) is 2.54. The molecule has 1 fully saturated rings. The molecule has 6 heteroatoms. The Morgan fingerprint density at radius 2 is 1.52 bits per heavy atom. The van der Waals surface area contributed by atoms with Crippen molar-refractivity contribution in [2.75, 3.05) is 21.1 Å². The summed E-state index contributed by atoms with van der Waals surface area (Å²) in [5.41, 5.74) is 0.531. The number of nitrogens with zero attached hydrogens (tertiary/aromatic N) is 2. The van der Waals surface area contributed by atoms with Gasteiger partial charge in [-0.25, -0.2) is 12.7 Å². The molecule has 1 saturated carbocycles. The van der Waals surface area contributed by atoms with Crippen molar-refractivity contribution >= 4 is 15.9 Å². The molecule has 0 heterocycles. The van der Waals surface area contributed by atoms with Crippen molar-refractivity contribution in [3.63, 3.8) is 0 Å². The minimum absolute atomic E-state index is 0.0432. The number of hydrogen-bond acceptors (Lipinski definition) is 3. The van der Waals surface area contributed by atoms with Crippen molar-refractivity contribution in [3.8, 4) is 0 Å². The highest BCUT2D eigenvalue weighted by molar-refractivity contribution is 7.89. The first-order valence-corrected chi connectivity index (χ1v) is 9.47. The van der Waals surface area contributed by atoms with Gasteiger partial charge in [-0.15, -0.1) is 0 Å². The molecular weight excluding hydrogens is 312 g/mol. The molecule has 23 heavy (non-hydrogen) atoms. The van der Waals surface area contributed by atoms with Crippen molar-refractivity contribution < 1.29 is 13.2 Å². The molecule has 128 valence electrons. The van der Waals surface area contributed by atoms with Crippen molar-refractivity contribution in [1.29, 1.82) is 0 Å². The molecule has 5 nitrogen and oxygen atoms in total. The fourth-order valence-corrected chi connectivity index (χ4v) is 3.88. The molecular formula is C17H26N2O3S. The van der Waals surface area contributed by atoms with Gasteiger partial charge in [0.2, 0.25) is 10.0 Å². The van der Waals surface area contributed by atoms with Crippen molar-refractivity contribution in [2.45, 2.75) is 43.5 Å². The lowest BCUT2D eigenvalue weighted by Crippen LogP contribution is -2.39. The Bertz CT molecular complexity index is 645. The highest BCUT2D eigenvalue weighted by Crippen LogP contribution is 2.27. The van der Waals surface area contributed by atoms with Crippen LogP contribution in [0.2, 0.25) is 0 Å². The van der Waals surface area contributed by atoms with Crippen molar-refractivity contribution in [3.05, 3.63) is 29.8 Å². The third-order valence-corrected chi connectivity index (χ3v) is 6.56. The summed E-state index contributed by atoms with van der Waals surface area (Å²) < 4.78 is 25.3. The minimum Gasteiger partial charge on any atom is -0.339 e. The van der Waals surface area contributed by atoms with E-state index >= 15 is 0 Å². The van der Waals surface area contributed by atoms with Gasteiger partial charge in [-0.2, -0.15) is 0 Å². The van der Waals surface area contributed by atoms with Crippen LogP contribution in [0.3, 0.4) is 0 Å². The Morgan fingerprint density at radius 1 is 1.00 bits per heavy atom. The monoisotopic (exact) mass is 338 g/mol. The van der Waals surface area contributed by atoms with Gasteiger partial charge in [0.1, 0.15) is 0 Å². The number of benzene rings is 1. The lowest BCUT2D eigenvalue weighted by Gasteiger charge is -2.33. The zero-order chi connectivity index (χ0) is 17.2. The fraction of sp³-hybridized carbons (Fsp3) is 0.588. The number of hydrogen-bond donors (Lipinski definition) is 0. The topological polar surface area (TPSA) is 57.7 Å². The fourth-order valence-electron chi connectivity index (χ4n) is 2.98. The standard InChI is InChI=1S/C17H26N2O3S/c1-13-5-9-15(10-6-13)19(4)17(20)14-7-11-16(12-8-14)23(21,22)18(2)3/h7-8,11-13,15H,5-6,9-10H2,1-4H3. The zero-order valence-electron chi connectivity index (χ0n) is 14.3. The lowest BCUT2D eigenvalue weighted by molar-refractivity contribution is 0.0679. The quantitative estimate of drug-likeness (QED) is 0.848. The molecule has 1 aliphatic rings. The summed E-state index contributed by atoms with van der Waals surface area (Å²) in [6, 6.07) is 6.48. The van der Waals surface area contributed by atoms with E-state index in [1.54, 1.807) is 17.0 Å². The molecule has 2 rings (SSSR count). The van der Waals surface area contributed by atoms with Crippen LogP contribution in [0, 0.1) is 5.92 Å². The van der Waals surface area contributed by atoms with Crippen molar-refractivity contribution in [2.24, 2.45) is 5.92 Å².